The lowest BCUT2D eigenvalue weighted by Crippen LogP contribution is -2.38. The van der Waals surface area contributed by atoms with Crippen molar-refractivity contribution in [3.8, 4) is 17.3 Å². The maximum atomic E-state index is 11.9. The first-order chi connectivity index (χ1) is 15.4. The molecule has 1 atom stereocenters. The Balaban J connectivity index is 1.71. The Bertz CT molecular complexity index is 982. The second-order valence-corrected chi connectivity index (χ2v) is 8.23. The van der Waals surface area contributed by atoms with Crippen LogP contribution in [0.3, 0.4) is 0 Å². The van der Waals surface area contributed by atoms with Gasteiger partial charge in [-0.05, 0) is 40.1 Å². The number of amides is 1. The summed E-state index contributed by atoms with van der Waals surface area (Å²) in [6.07, 6.45) is 7.23. The molecular formula is C22H28N8O2. The predicted octanol–water partition coefficient (Wildman–Crippen LogP) is 1.23. The average Bonchev–Trinajstić information content (AvgIpc) is 3.63. The van der Waals surface area contributed by atoms with Crippen LogP contribution in [0.5, 0.6) is 0 Å². The summed E-state index contributed by atoms with van der Waals surface area (Å²) in [6.45, 7) is 2.17. The van der Waals surface area contributed by atoms with Crippen LogP contribution < -0.4 is 10.6 Å². The first-order valence-corrected chi connectivity index (χ1v) is 10.5. The molecule has 168 valence electrons. The van der Waals surface area contributed by atoms with Crippen molar-refractivity contribution in [3.05, 3.63) is 30.4 Å². The van der Waals surface area contributed by atoms with Gasteiger partial charge in [-0.1, -0.05) is 0 Å². The number of carbonyl (C=O) groups excluding carboxylic acids is 2. The van der Waals surface area contributed by atoms with Crippen LogP contribution in [0.4, 0.5) is 11.5 Å². The monoisotopic (exact) mass is 436 g/mol. The molecule has 2 N–H and O–H groups in total. The van der Waals surface area contributed by atoms with E-state index in [9.17, 15) is 14.9 Å². The Morgan fingerprint density at radius 3 is 2.59 bits per heavy atom. The molecule has 1 aliphatic carbocycles. The molecule has 0 bridgehead atoms. The van der Waals surface area contributed by atoms with E-state index in [1.54, 1.807) is 12.3 Å². The summed E-state index contributed by atoms with van der Waals surface area (Å²) < 4.78 is 0. The van der Waals surface area contributed by atoms with E-state index in [1.807, 2.05) is 21.1 Å². The van der Waals surface area contributed by atoms with Crippen LogP contribution in [0.2, 0.25) is 0 Å². The van der Waals surface area contributed by atoms with E-state index in [1.165, 1.54) is 12.4 Å². The minimum absolute atomic E-state index is 0.0333. The molecule has 1 fully saturated rings. The van der Waals surface area contributed by atoms with Gasteiger partial charge in [0.1, 0.15) is 12.4 Å². The highest BCUT2D eigenvalue weighted by Gasteiger charge is 2.29. The number of carbonyl (C=O) groups is 2. The fourth-order valence-electron chi connectivity index (χ4n) is 3.04. The summed E-state index contributed by atoms with van der Waals surface area (Å²) in [4.78, 5) is 40.5. The van der Waals surface area contributed by atoms with E-state index in [-0.39, 0.29) is 17.5 Å². The van der Waals surface area contributed by atoms with Gasteiger partial charge >= 0.3 is 0 Å². The highest BCUT2D eigenvalue weighted by atomic mass is 16.2. The second-order valence-electron chi connectivity index (χ2n) is 8.23. The Labute approximate surface area is 187 Å². The molecule has 0 saturated heterocycles. The molecule has 2 heterocycles. The minimum atomic E-state index is -0.502. The number of nitrogens with zero attached hydrogens (tertiary/aromatic N) is 6. The third-order valence-electron chi connectivity index (χ3n) is 5.08. The molecule has 2 aromatic heterocycles. The number of anilines is 2. The van der Waals surface area contributed by atoms with Crippen LogP contribution in [0, 0.1) is 17.2 Å². The lowest BCUT2D eigenvalue weighted by Gasteiger charge is -2.23. The first-order valence-electron chi connectivity index (χ1n) is 10.5. The Morgan fingerprint density at radius 2 is 2.00 bits per heavy atom. The maximum Gasteiger partial charge on any atom is 0.228 e. The van der Waals surface area contributed by atoms with E-state index >= 15 is 0 Å². The molecule has 3 rings (SSSR count). The van der Waals surface area contributed by atoms with Gasteiger partial charge in [0.05, 0.1) is 29.8 Å². The number of likely N-dealkylation sites (N-methyl/N-ethyl adjacent to an activating group) is 2. The van der Waals surface area contributed by atoms with Gasteiger partial charge in [-0.3, -0.25) is 9.78 Å². The van der Waals surface area contributed by atoms with Crippen molar-refractivity contribution in [3.63, 3.8) is 0 Å². The third-order valence-corrected chi connectivity index (χ3v) is 5.08. The number of nitriles is 1. The highest BCUT2D eigenvalue weighted by molar-refractivity contribution is 5.93. The molecular weight excluding hydrogens is 408 g/mol. The van der Waals surface area contributed by atoms with Gasteiger partial charge in [-0.25, -0.2) is 9.97 Å². The summed E-state index contributed by atoms with van der Waals surface area (Å²) >= 11 is 0. The number of aromatic nitrogens is 3. The second kappa shape index (κ2) is 10.7. The number of rotatable bonds is 11. The summed E-state index contributed by atoms with van der Waals surface area (Å²) in [5.74, 6) is 0.446. The average molecular weight is 437 g/mol. The molecule has 32 heavy (non-hydrogen) atoms. The zero-order valence-corrected chi connectivity index (χ0v) is 18.6. The van der Waals surface area contributed by atoms with Crippen molar-refractivity contribution in [2.45, 2.75) is 18.9 Å². The lowest BCUT2D eigenvalue weighted by atomic mass is 10.1. The van der Waals surface area contributed by atoms with Gasteiger partial charge in [-0.2, -0.15) is 5.26 Å². The molecule has 1 aliphatic rings. The van der Waals surface area contributed by atoms with E-state index < -0.39 is 6.04 Å². The Kier molecular flexibility index (Phi) is 7.81. The van der Waals surface area contributed by atoms with Gasteiger partial charge in [0, 0.05) is 37.3 Å². The van der Waals surface area contributed by atoms with Crippen molar-refractivity contribution in [2.75, 3.05) is 51.4 Å². The highest BCUT2D eigenvalue weighted by Crippen LogP contribution is 2.30. The van der Waals surface area contributed by atoms with E-state index in [4.69, 9.17) is 0 Å². The topological polar surface area (TPSA) is 127 Å². The summed E-state index contributed by atoms with van der Waals surface area (Å²) in [7, 11) is 5.94. The zero-order valence-electron chi connectivity index (χ0n) is 18.6. The van der Waals surface area contributed by atoms with Crippen LogP contribution in [0.25, 0.3) is 11.3 Å². The number of hydrogen-bond acceptors (Lipinski definition) is 9. The Morgan fingerprint density at radius 1 is 1.22 bits per heavy atom. The fraction of sp³-hybridized carbons (Fsp3) is 0.455. The SMILES string of the molecule is CN(C)CCN(C)C[C@@H](C=O)Nc1cc(-c2cnc(NC(=O)C3CC3)cn2)cnc1C#N. The quantitative estimate of drug-likeness (QED) is 0.500. The molecule has 2 aromatic rings. The van der Waals surface area contributed by atoms with Crippen molar-refractivity contribution in [1.82, 2.24) is 24.8 Å². The third kappa shape index (κ3) is 6.54. The number of pyridine rings is 1. The molecule has 1 saturated carbocycles. The fourth-order valence-corrected chi connectivity index (χ4v) is 3.04. The maximum absolute atomic E-state index is 11.9. The molecule has 0 unspecified atom stereocenters. The Hall–Kier alpha value is -3.42. The molecule has 1 amide bonds. The van der Waals surface area contributed by atoms with Gasteiger partial charge < -0.3 is 25.2 Å². The van der Waals surface area contributed by atoms with Crippen LogP contribution >= 0.6 is 0 Å². The van der Waals surface area contributed by atoms with Crippen molar-refractivity contribution < 1.29 is 9.59 Å². The number of aldehydes is 1. The summed E-state index contributed by atoms with van der Waals surface area (Å²) in [5.41, 5.74) is 1.83. The molecule has 0 aromatic carbocycles. The molecule has 0 spiro atoms. The van der Waals surface area contributed by atoms with Crippen molar-refractivity contribution >= 4 is 23.7 Å². The molecule has 10 nitrogen and oxygen atoms in total. The van der Waals surface area contributed by atoms with Gasteiger partial charge in [0.15, 0.2) is 11.5 Å². The smallest absolute Gasteiger partial charge is 0.228 e. The molecule has 0 aliphatic heterocycles. The van der Waals surface area contributed by atoms with Crippen molar-refractivity contribution in [1.29, 1.82) is 5.26 Å². The zero-order chi connectivity index (χ0) is 23.1. The largest absolute Gasteiger partial charge is 0.372 e. The number of hydrogen-bond donors (Lipinski definition) is 2. The summed E-state index contributed by atoms with van der Waals surface area (Å²) in [5, 5.41) is 15.3. The van der Waals surface area contributed by atoms with E-state index in [0.717, 1.165) is 32.2 Å². The molecule has 0 radical (unpaired) electrons. The number of nitrogens with one attached hydrogen (secondary N) is 2. The van der Waals surface area contributed by atoms with Gasteiger partial charge in [-0.15, -0.1) is 0 Å². The van der Waals surface area contributed by atoms with Gasteiger partial charge in [0.2, 0.25) is 5.91 Å². The normalized spacial score (nSPS) is 14.1. The standard InChI is InChI=1S/C22H28N8O2/c1-29(2)6-7-30(3)13-17(14-31)27-18-8-16(10-24-19(18)9-23)20-11-26-21(12-25-20)28-22(32)15-4-5-15/h8,10-12,14-15,17,27H,4-7,13H2,1-3H3,(H,26,28,32)/t17-/m0/s1. The first kappa shape index (κ1) is 23.2. The van der Waals surface area contributed by atoms with Gasteiger partial charge in [0.25, 0.3) is 0 Å². The van der Waals surface area contributed by atoms with E-state index in [0.29, 0.717) is 29.3 Å². The van der Waals surface area contributed by atoms with E-state index in [2.05, 4.69) is 41.5 Å². The lowest BCUT2D eigenvalue weighted by molar-refractivity contribution is -0.117. The van der Waals surface area contributed by atoms with Crippen LogP contribution in [-0.2, 0) is 9.59 Å². The minimum Gasteiger partial charge on any atom is -0.372 e. The van der Waals surface area contributed by atoms with Crippen molar-refractivity contribution in [2.24, 2.45) is 5.92 Å². The summed E-state index contributed by atoms with van der Waals surface area (Å²) in [6, 6.07) is 3.28. The van der Waals surface area contributed by atoms with Crippen LogP contribution in [-0.4, -0.2) is 83.8 Å². The van der Waals surface area contributed by atoms with Crippen LogP contribution in [0.1, 0.15) is 18.5 Å². The molecule has 10 heteroatoms. The predicted molar refractivity (Wildman–Crippen MR) is 121 cm³/mol. The van der Waals surface area contributed by atoms with Crippen LogP contribution in [0.15, 0.2) is 24.7 Å².